The van der Waals surface area contributed by atoms with Crippen LogP contribution in [0.25, 0.3) is 0 Å². The lowest BCUT2D eigenvalue weighted by Crippen LogP contribution is -2.46. The van der Waals surface area contributed by atoms with Gasteiger partial charge in [-0.2, -0.15) is 5.10 Å². The number of hydrogen-bond acceptors (Lipinski definition) is 2. The second-order valence-corrected chi connectivity index (χ2v) is 6.61. The third kappa shape index (κ3) is 3.06. The molecule has 2 heterocycles. The van der Waals surface area contributed by atoms with Crippen LogP contribution in [-0.2, 0) is 13.0 Å². The zero-order chi connectivity index (χ0) is 19.2. The summed E-state index contributed by atoms with van der Waals surface area (Å²) in [5.41, 5.74) is 0.393. The molecular formula is C17H16ClF4N3O. The molecule has 140 valence electrons. The molecule has 1 aliphatic rings. The van der Waals surface area contributed by atoms with Gasteiger partial charge in [0.25, 0.3) is 12.3 Å². The maximum absolute atomic E-state index is 14.2. The Balaban J connectivity index is 1.96. The average Bonchev–Trinajstić information content (AvgIpc) is 2.92. The first kappa shape index (κ1) is 18.7. The number of hydrogen-bond donors (Lipinski definition) is 0. The summed E-state index contributed by atoms with van der Waals surface area (Å²) < 4.78 is 55.2. The van der Waals surface area contributed by atoms with E-state index >= 15 is 0 Å². The first-order chi connectivity index (χ1) is 12.2. The van der Waals surface area contributed by atoms with Crippen LogP contribution in [0.5, 0.6) is 0 Å². The summed E-state index contributed by atoms with van der Waals surface area (Å²) in [6, 6.07) is 1.20. The molecule has 1 unspecified atom stereocenters. The van der Waals surface area contributed by atoms with Gasteiger partial charge in [-0.1, -0.05) is 17.7 Å². The lowest BCUT2D eigenvalue weighted by atomic mass is 10.1. The molecule has 1 amide bonds. The summed E-state index contributed by atoms with van der Waals surface area (Å²) in [5.74, 6) is -2.13. The van der Waals surface area contributed by atoms with Crippen molar-refractivity contribution in [2.45, 2.75) is 39.3 Å². The molecular weight excluding hydrogens is 374 g/mol. The fourth-order valence-corrected chi connectivity index (χ4v) is 3.26. The quantitative estimate of drug-likeness (QED) is 0.745. The normalized spacial score (nSPS) is 15.5. The van der Waals surface area contributed by atoms with E-state index in [1.165, 1.54) is 19.9 Å². The predicted molar refractivity (Wildman–Crippen MR) is 87.6 cm³/mol. The van der Waals surface area contributed by atoms with E-state index in [4.69, 9.17) is 11.6 Å². The van der Waals surface area contributed by atoms with Crippen molar-refractivity contribution in [1.29, 1.82) is 0 Å². The molecule has 0 aliphatic carbocycles. The van der Waals surface area contributed by atoms with Gasteiger partial charge in [0.05, 0.1) is 12.6 Å². The summed E-state index contributed by atoms with van der Waals surface area (Å²) in [5, 5.41) is 4.13. The van der Waals surface area contributed by atoms with Crippen molar-refractivity contribution in [2.24, 2.45) is 0 Å². The molecule has 0 radical (unpaired) electrons. The van der Waals surface area contributed by atoms with Crippen LogP contribution in [0.3, 0.4) is 0 Å². The number of amides is 1. The number of benzene rings is 1. The van der Waals surface area contributed by atoms with Gasteiger partial charge in [-0.05, 0) is 31.9 Å². The monoisotopic (exact) mass is 389 g/mol. The van der Waals surface area contributed by atoms with Gasteiger partial charge >= 0.3 is 0 Å². The van der Waals surface area contributed by atoms with E-state index in [0.29, 0.717) is 5.56 Å². The van der Waals surface area contributed by atoms with Crippen LogP contribution in [0, 0.1) is 18.6 Å². The van der Waals surface area contributed by atoms with Crippen LogP contribution in [0.2, 0.25) is 5.15 Å². The molecule has 1 atom stereocenters. The molecule has 1 aromatic carbocycles. The maximum atomic E-state index is 14.2. The van der Waals surface area contributed by atoms with Gasteiger partial charge in [0.15, 0.2) is 5.69 Å². The molecule has 0 saturated carbocycles. The van der Waals surface area contributed by atoms with Gasteiger partial charge < -0.3 is 4.90 Å². The Morgan fingerprint density at radius 3 is 2.65 bits per heavy atom. The molecule has 4 nitrogen and oxygen atoms in total. The van der Waals surface area contributed by atoms with E-state index in [-0.39, 0.29) is 41.5 Å². The zero-order valence-corrected chi connectivity index (χ0v) is 14.8. The molecule has 1 aliphatic heterocycles. The van der Waals surface area contributed by atoms with E-state index in [0.717, 1.165) is 15.6 Å². The maximum Gasteiger partial charge on any atom is 0.275 e. The lowest BCUT2D eigenvalue weighted by Gasteiger charge is -2.31. The number of fused-ring (bicyclic) bond motifs is 1. The minimum atomic E-state index is -2.69. The molecule has 3 rings (SSSR count). The van der Waals surface area contributed by atoms with Gasteiger partial charge in [-0.3, -0.25) is 4.79 Å². The van der Waals surface area contributed by atoms with E-state index in [9.17, 15) is 22.4 Å². The molecule has 0 bridgehead atoms. The number of carbonyl (C=O) groups is 1. The van der Waals surface area contributed by atoms with Crippen molar-refractivity contribution in [3.05, 3.63) is 51.3 Å². The number of carbonyl (C=O) groups excluding carboxylic acids is 1. The van der Waals surface area contributed by atoms with E-state index in [2.05, 4.69) is 5.10 Å². The van der Waals surface area contributed by atoms with Crippen molar-refractivity contribution in [3.8, 4) is 0 Å². The van der Waals surface area contributed by atoms with Crippen molar-refractivity contribution in [1.82, 2.24) is 14.7 Å². The summed E-state index contributed by atoms with van der Waals surface area (Å²) >= 11 is 6.23. The number of nitrogens with zero attached hydrogens (tertiary/aromatic N) is 3. The number of aryl methyl sites for hydroxylation is 1. The minimum absolute atomic E-state index is 0.0535. The molecule has 26 heavy (non-hydrogen) atoms. The molecule has 0 spiro atoms. The van der Waals surface area contributed by atoms with Crippen LogP contribution in [-0.4, -0.2) is 39.6 Å². The van der Waals surface area contributed by atoms with Gasteiger partial charge in [-0.15, -0.1) is 0 Å². The van der Waals surface area contributed by atoms with Gasteiger partial charge in [0.1, 0.15) is 16.8 Å². The molecule has 0 saturated heterocycles. The van der Waals surface area contributed by atoms with Crippen molar-refractivity contribution in [3.63, 3.8) is 0 Å². The van der Waals surface area contributed by atoms with Crippen molar-refractivity contribution < 1.29 is 22.4 Å². The van der Waals surface area contributed by atoms with E-state index in [1.54, 1.807) is 0 Å². The highest BCUT2D eigenvalue weighted by Crippen LogP contribution is 2.29. The number of rotatable bonds is 4. The van der Waals surface area contributed by atoms with Crippen LogP contribution in [0.1, 0.15) is 34.1 Å². The SMILES string of the molecule is Cc1ccc(F)c(Cn2nc3c(c2Cl)CCN(C(C)C(F)F)C3=O)c1F. The first-order valence-electron chi connectivity index (χ1n) is 8.00. The first-order valence-corrected chi connectivity index (χ1v) is 8.38. The third-order valence-corrected chi connectivity index (χ3v) is 5.01. The average molecular weight is 390 g/mol. The highest BCUT2D eigenvalue weighted by Gasteiger charge is 2.36. The predicted octanol–water partition coefficient (Wildman–Crippen LogP) is 3.82. The van der Waals surface area contributed by atoms with Crippen LogP contribution < -0.4 is 0 Å². The zero-order valence-electron chi connectivity index (χ0n) is 14.1. The van der Waals surface area contributed by atoms with E-state index in [1.807, 2.05) is 0 Å². The summed E-state index contributed by atoms with van der Waals surface area (Å²) in [6.07, 6.45) is -2.44. The largest absolute Gasteiger partial charge is 0.328 e. The Morgan fingerprint density at radius 2 is 2.00 bits per heavy atom. The highest BCUT2D eigenvalue weighted by molar-refractivity contribution is 6.31. The second kappa shape index (κ2) is 6.90. The number of alkyl halides is 2. The standard InChI is InChI=1S/C17H16ClF4N3O/c1-8-3-4-12(19)11(13(8)20)7-25-15(18)10-5-6-24(9(2)16(21)22)17(26)14(10)23-25/h3-4,9,16H,5-7H2,1-2H3. The summed E-state index contributed by atoms with van der Waals surface area (Å²) in [4.78, 5) is 13.5. The van der Waals surface area contributed by atoms with Crippen LogP contribution in [0.4, 0.5) is 17.6 Å². The lowest BCUT2D eigenvalue weighted by molar-refractivity contribution is 0.0254. The molecule has 0 N–H and O–H groups in total. The summed E-state index contributed by atoms with van der Waals surface area (Å²) in [6.45, 7) is 2.53. The molecule has 1 aromatic heterocycles. The van der Waals surface area contributed by atoms with Crippen molar-refractivity contribution in [2.75, 3.05) is 6.54 Å². The third-order valence-electron chi connectivity index (χ3n) is 4.59. The van der Waals surface area contributed by atoms with Gasteiger partial charge in [0.2, 0.25) is 0 Å². The molecule has 9 heteroatoms. The Labute approximate surface area is 152 Å². The van der Waals surface area contributed by atoms with Crippen LogP contribution >= 0.6 is 11.6 Å². The molecule has 0 fully saturated rings. The Bertz CT molecular complexity index is 868. The minimum Gasteiger partial charge on any atom is -0.328 e. The number of halogens is 5. The summed E-state index contributed by atoms with van der Waals surface area (Å²) in [7, 11) is 0. The van der Waals surface area contributed by atoms with Crippen LogP contribution in [0.15, 0.2) is 12.1 Å². The van der Waals surface area contributed by atoms with Gasteiger partial charge in [0, 0.05) is 17.7 Å². The van der Waals surface area contributed by atoms with E-state index < -0.39 is 30.0 Å². The fourth-order valence-electron chi connectivity index (χ4n) is 2.98. The fraction of sp³-hybridized carbons (Fsp3) is 0.412. The Morgan fingerprint density at radius 1 is 1.31 bits per heavy atom. The van der Waals surface area contributed by atoms with Crippen molar-refractivity contribution >= 4 is 17.5 Å². The molecule has 2 aromatic rings. The smallest absolute Gasteiger partial charge is 0.275 e. The highest BCUT2D eigenvalue weighted by atomic mass is 35.5. The topological polar surface area (TPSA) is 38.1 Å². The second-order valence-electron chi connectivity index (χ2n) is 6.26. The number of aromatic nitrogens is 2. The van der Waals surface area contributed by atoms with Gasteiger partial charge in [-0.25, -0.2) is 22.2 Å². The Hall–Kier alpha value is -2.09. The Kier molecular flexibility index (Phi) is 4.96.